The van der Waals surface area contributed by atoms with E-state index in [0.29, 0.717) is 0 Å². The summed E-state index contributed by atoms with van der Waals surface area (Å²) in [5.74, 6) is -0.0717. The van der Waals surface area contributed by atoms with Crippen molar-refractivity contribution in [2.24, 2.45) is 0 Å². The van der Waals surface area contributed by atoms with Crippen molar-refractivity contribution in [3.8, 4) is 0 Å². The quantitative estimate of drug-likeness (QED) is 0.254. The Labute approximate surface area is 145 Å². The van der Waals surface area contributed by atoms with E-state index < -0.39 is 25.0 Å². The summed E-state index contributed by atoms with van der Waals surface area (Å²) >= 11 is 0. The zero-order valence-electron chi connectivity index (χ0n) is 13.4. The first kappa shape index (κ1) is 20.0. The molecule has 0 saturated heterocycles. The van der Waals surface area contributed by atoms with Gasteiger partial charge in [-0.05, 0) is 6.42 Å². The second kappa shape index (κ2) is 8.38. The van der Waals surface area contributed by atoms with E-state index >= 15 is 0 Å². The van der Waals surface area contributed by atoms with E-state index in [4.69, 9.17) is 20.5 Å². The fourth-order valence-electron chi connectivity index (χ4n) is 2.01. The maximum Gasteiger partial charge on any atom is 0.435 e. The van der Waals surface area contributed by atoms with Crippen LogP contribution in [0.15, 0.2) is 11.1 Å². The van der Waals surface area contributed by atoms with Gasteiger partial charge < -0.3 is 34.7 Å². The van der Waals surface area contributed by atoms with Crippen LogP contribution in [0.5, 0.6) is 0 Å². The summed E-state index contributed by atoms with van der Waals surface area (Å²) in [4.78, 5) is 41.1. The molecule has 14 heteroatoms. The number of nitrogens with two attached hydrogens (primary N) is 1. The highest BCUT2D eigenvalue weighted by Gasteiger charge is 2.29. The van der Waals surface area contributed by atoms with E-state index in [2.05, 4.69) is 19.5 Å². The highest BCUT2D eigenvalue weighted by molar-refractivity contribution is 7.70. The Morgan fingerprint density at radius 2 is 2.19 bits per heavy atom. The number of nitrogen functional groups attached to an aromatic ring is 1. The number of carboxylic acid groups (broad SMARTS) is 1. The van der Waals surface area contributed by atoms with Gasteiger partial charge in [0.1, 0.15) is 0 Å². The van der Waals surface area contributed by atoms with Gasteiger partial charge in [0.05, 0.1) is 32.2 Å². The van der Waals surface area contributed by atoms with Gasteiger partial charge in [0, 0.05) is 6.61 Å². The van der Waals surface area contributed by atoms with Gasteiger partial charge in [-0.2, -0.15) is 4.98 Å². The van der Waals surface area contributed by atoms with Crippen LogP contribution in [0.1, 0.15) is 6.42 Å². The van der Waals surface area contributed by atoms with Crippen molar-refractivity contribution in [3.05, 3.63) is 16.7 Å². The maximum absolute atomic E-state index is 11.7. The first-order chi connectivity index (χ1) is 12.2. The molecule has 0 saturated carbocycles. The lowest BCUT2D eigenvalue weighted by Gasteiger charge is -2.12. The molecule has 0 aliphatic heterocycles. The van der Waals surface area contributed by atoms with Gasteiger partial charge >= 0.3 is 13.3 Å². The topological polar surface area (TPSA) is 203 Å². The van der Waals surface area contributed by atoms with Crippen molar-refractivity contribution < 1.29 is 33.7 Å². The third-order valence-corrected chi connectivity index (χ3v) is 4.17. The molecule has 2 unspecified atom stereocenters. The lowest BCUT2D eigenvalue weighted by atomic mass is 10.3. The van der Waals surface area contributed by atoms with Crippen LogP contribution in [-0.4, -0.2) is 66.3 Å². The summed E-state index contributed by atoms with van der Waals surface area (Å²) in [5, 5.41) is 18.4. The maximum atomic E-state index is 11.7. The van der Waals surface area contributed by atoms with Crippen LogP contribution in [0.4, 0.5) is 10.7 Å². The van der Waals surface area contributed by atoms with Gasteiger partial charge in [-0.3, -0.25) is 9.78 Å². The molecule has 0 bridgehead atoms. The van der Waals surface area contributed by atoms with Crippen LogP contribution in [0.3, 0.4) is 0 Å². The SMILES string of the molecule is Nc1nc2c(ncn2CC(O)COCCCOP(=O)(O)C(=O)O)c(=O)[nH]1. The number of carbonyl (C=O) groups is 1. The Morgan fingerprint density at radius 3 is 2.88 bits per heavy atom. The highest BCUT2D eigenvalue weighted by Crippen LogP contribution is 2.42. The number of anilines is 1. The van der Waals surface area contributed by atoms with E-state index in [9.17, 15) is 19.3 Å². The third kappa shape index (κ3) is 5.09. The lowest BCUT2D eigenvalue weighted by molar-refractivity contribution is 0.0242. The summed E-state index contributed by atoms with van der Waals surface area (Å²) in [6.07, 6.45) is 0.554. The second-order valence-corrected chi connectivity index (χ2v) is 6.92. The molecule has 26 heavy (non-hydrogen) atoms. The van der Waals surface area contributed by atoms with Crippen LogP contribution in [0, 0.1) is 0 Å². The number of hydrogen-bond donors (Lipinski definition) is 5. The third-order valence-electron chi connectivity index (χ3n) is 3.15. The summed E-state index contributed by atoms with van der Waals surface area (Å²) in [5.41, 5.74) is 3.39. The normalized spacial score (nSPS) is 15.0. The zero-order valence-corrected chi connectivity index (χ0v) is 14.3. The molecule has 0 aliphatic carbocycles. The zero-order chi connectivity index (χ0) is 19.3. The minimum Gasteiger partial charge on any atom is -0.472 e. The fourth-order valence-corrected chi connectivity index (χ4v) is 2.50. The molecule has 13 nitrogen and oxygen atoms in total. The number of aromatic amines is 1. The van der Waals surface area contributed by atoms with Crippen LogP contribution in [0.25, 0.3) is 11.2 Å². The molecule has 0 aromatic carbocycles. The van der Waals surface area contributed by atoms with Gasteiger partial charge in [0.2, 0.25) is 5.95 Å². The molecular weight excluding hydrogens is 373 g/mol. The van der Waals surface area contributed by atoms with Crippen molar-refractivity contribution in [1.82, 2.24) is 19.5 Å². The van der Waals surface area contributed by atoms with Crippen molar-refractivity contribution in [2.75, 3.05) is 25.6 Å². The summed E-state index contributed by atoms with van der Waals surface area (Å²) in [7, 11) is -4.65. The molecule has 2 rings (SSSR count). The average molecular weight is 391 g/mol. The Morgan fingerprint density at radius 1 is 1.46 bits per heavy atom. The molecule has 0 amide bonds. The Balaban J connectivity index is 1.76. The second-order valence-electron chi connectivity index (χ2n) is 5.24. The first-order valence-electron chi connectivity index (χ1n) is 7.38. The predicted octanol–water partition coefficient (Wildman–Crippen LogP) is -0.651. The Hall–Kier alpha value is -2.31. The highest BCUT2D eigenvalue weighted by atomic mass is 31.2. The van der Waals surface area contributed by atoms with Crippen LogP contribution in [-0.2, 0) is 20.4 Å². The molecule has 0 radical (unpaired) electrons. The number of fused-ring (bicyclic) bond motifs is 1. The van der Waals surface area contributed by atoms with Crippen LogP contribution in [0.2, 0.25) is 0 Å². The monoisotopic (exact) mass is 391 g/mol. The van der Waals surface area contributed by atoms with Crippen molar-refractivity contribution in [2.45, 2.75) is 19.1 Å². The molecule has 2 aromatic heterocycles. The van der Waals surface area contributed by atoms with Crippen molar-refractivity contribution >= 4 is 30.4 Å². The molecule has 0 aliphatic rings. The first-order valence-corrected chi connectivity index (χ1v) is 8.95. The number of aromatic nitrogens is 4. The predicted molar refractivity (Wildman–Crippen MR) is 87.8 cm³/mol. The van der Waals surface area contributed by atoms with Crippen LogP contribution < -0.4 is 11.3 Å². The smallest absolute Gasteiger partial charge is 0.435 e. The van der Waals surface area contributed by atoms with E-state index in [1.165, 1.54) is 10.9 Å². The number of aliphatic hydroxyl groups is 1. The Bertz CT molecular complexity index is 880. The number of nitrogens with one attached hydrogen (secondary N) is 1. The van der Waals surface area contributed by atoms with E-state index in [-0.39, 0.29) is 49.9 Å². The number of aliphatic hydroxyl groups excluding tert-OH is 1. The van der Waals surface area contributed by atoms with E-state index in [0.717, 1.165) is 0 Å². The van der Waals surface area contributed by atoms with Crippen molar-refractivity contribution in [1.29, 1.82) is 0 Å². The summed E-state index contributed by atoms with van der Waals surface area (Å²) in [6, 6.07) is 0. The minimum atomic E-state index is -4.65. The molecule has 6 N–H and O–H groups in total. The van der Waals surface area contributed by atoms with E-state index in [1.54, 1.807) is 0 Å². The molecule has 0 spiro atoms. The van der Waals surface area contributed by atoms with Gasteiger partial charge in [-0.25, -0.2) is 14.3 Å². The molecule has 2 heterocycles. The Kier molecular flexibility index (Phi) is 6.45. The van der Waals surface area contributed by atoms with Gasteiger partial charge in [0.15, 0.2) is 11.2 Å². The summed E-state index contributed by atoms with van der Waals surface area (Å²) < 4.78 is 22.0. The lowest BCUT2D eigenvalue weighted by Crippen LogP contribution is -2.22. The molecular formula is C12H18N5O8P. The molecule has 0 fully saturated rings. The van der Waals surface area contributed by atoms with Gasteiger partial charge in [0.25, 0.3) is 5.56 Å². The number of H-pyrrole nitrogens is 1. The van der Waals surface area contributed by atoms with Crippen LogP contribution >= 0.6 is 7.60 Å². The number of nitrogens with zero attached hydrogens (tertiary/aromatic N) is 3. The minimum absolute atomic E-state index is 0.0494. The van der Waals surface area contributed by atoms with Gasteiger partial charge in [-0.15, -0.1) is 0 Å². The molecule has 2 atom stereocenters. The van der Waals surface area contributed by atoms with Gasteiger partial charge in [-0.1, -0.05) is 0 Å². The number of hydrogen-bond acceptors (Lipinski definition) is 9. The van der Waals surface area contributed by atoms with Crippen molar-refractivity contribution in [3.63, 3.8) is 0 Å². The summed E-state index contributed by atoms with van der Waals surface area (Å²) in [6.45, 7) is -0.234. The molecule has 2 aromatic rings. The average Bonchev–Trinajstić information content (AvgIpc) is 2.93. The largest absolute Gasteiger partial charge is 0.472 e. The number of imidazole rings is 1. The fraction of sp³-hybridized carbons (Fsp3) is 0.500. The van der Waals surface area contributed by atoms with E-state index in [1.807, 2.05) is 0 Å². The number of ether oxygens (including phenoxy) is 1. The molecule has 144 valence electrons. The number of rotatable bonds is 10. The standard InChI is InChI=1S/C12H18N5O8P/c13-11-15-9-8(10(19)16-11)14-6-17(9)4-7(18)5-24-2-1-3-25-26(22,23)12(20)21/h6-7,18H,1-5H2,(H,20,21)(H,22,23)(H3,13,15,16,19).